The largest absolute Gasteiger partial charge is 0.491 e. The molecule has 3 nitrogen and oxygen atoms in total. The quantitative estimate of drug-likeness (QED) is 0.913. The molecule has 1 N–H and O–H groups in total. The molecule has 7 heteroatoms. The molecule has 0 saturated heterocycles. The molecule has 0 aliphatic carbocycles. The van der Waals surface area contributed by atoms with Crippen molar-refractivity contribution in [1.29, 1.82) is 0 Å². The predicted octanol–water partition coefficient (Wildman–Crippen LogP) is 2.98. The minimum absolute atomic E-state index is 0.0182. The average molecular weight is 269 g/mol. The maximum absolute atomic E-state index is 12.3. The van der Waals surface area contributed by atoms with Crippen LogP contribution in [0.5, 0.6) is 5.75 Å². The van der Waals surface area contributed by atoms with Gasteiger partial charge >= 0.3 is 12.1 Å². The van der Waals surface area contributed by atoms with Crippen molar-refractivity contribution >= 4 is 17.6 Å². The molecule has 0 aliphatic rings. The highest BCUT2D eigenvalue weighted by Gasteiger charge is 2.45. The van der Waals surface area contributed by atoms with Gasteiger partial charge in [0, 0.05) is 0 Å². The Hall–Kier alpha value is -1.43. The van der Waals surface area contributed by atoms with Crippen LogP contribution in [0.15, 0.2) is 24.3 Å². The Morgan fingerprint density at radius 1 is 1.41 bits per heavy atom. The third-order valence-electron chi connectivity index (χ3n) is 1.94. The van der Waals surface area contributed by atoms with Gasteiger partial charge in [-0.15, -0.1) is 0 Å². The van der Waals surface area contributed by atoms with E-state index < -0.39 is 24.7 Å². The number of aliphatic carboxylic acids is 1. The first-order chi connectivity index (χ1) is 7.82. The zero-order valence-corrected chi connectivity index (χ0v) is 9.13. The fourth-order valence-corrected chi connectivity index (χ4v) is 1.23. The van der Waals surface area contributed by atoms with Crippen LogP contribution < -0.4 is 4.74 Å². The van der Waals surface area contributed by atoms with Gasteiger partial charge in [-0.1, -0.05) is 23.7 Å². The highest BCUT2D eigenvalue weighted by Crippen LogP contribution is 2.29. The number of para-hydroxylation sites is 1. The van der Waals surface area contributed by atoms with Gasteiger partial charge in [-0.2, -0.15) is 13.2 Å². The Kier molecular flexibility index (Phi) is 4.22. The summed E-state index contributed by atoms with van der Waals surface area (Å²) in [7, 11) is 0. The van der Waals surface area contributed by atoms with Crippen molar-refractivity contribution < 1.29 is 27.8 Å². The van der Waals surface area contributed by atoms with Crippen molar-refractivity contribution in [1.82, 2.24) is 0 Å². The van der Waals surface area contributed by atoms with Gasteiger partial charge in [-0.05, 0) is 12.1 Å². The average Bonchev–Trinajstić information content (AvgIpc) is 2.18. The number of ether oxygens (including phenoxy) is 1. The fourth-order valence-electron chi connectivity index (χ4n) is 1.04. The minimum Gasteiger partial charge on any atom is -0.491 e. The number of benzene rings is 1. The van der Waals surface area contributed by atoms with Crippen LogP contribution in [0, 0.1) is 5.92 Å². The first-order valence-corrected chi connectivity index (χ1v) is 4.87. The molecule has 17 heavy (non-hydrogen) atoms. The van der Waals surface area contributed by atoms with Crippen LogP contribution in [0.2, 0.25) is 5.02 Å². The molecule has 0 aliphatic heterocycles. The highest BCUT2D eigenvalue weighted by molar-refractivity contribution is 6.32. The van der Waals surface area contributed by atoms with E-state index in [1.165, 1.54) is 18.2 Å². The van der Waals surface area contributed by atoms with Crippen LogP contribution in [0.1, 0.15) is 0 Å². The summed E-state index contributed by atoms with van der Waals surface area (Å²) < 4.78 is 41.6. The van der Waals surface area contributed by atoms with Gasteiger partial charge in [0.05, 0.1) is 5.02 Å². The van der Waals surface area contributed by atoms with Crippen molar-refractivity contribution in [3.05, 3.63) is 29.3 Å². The zero-order valence-electron chi connectivity index (χ0n) is 8.37. The molecule has 0 spiro atoms. The van der Waals surface area contributed by atoms with Gasteiger partial charge in [0.25, 0.3) is 0 Å². The number of carboxylic acid groups (broad SMARTS) is 1. The molecule has 0 bridgehead atoms. The van der Waals surface area contributed by atoms with E-state index in [0.717, 1.165) is 0 Å². The summed E-state index contributed by atoms with van der Waals surface area (Å²) in [5.41, 5.74) is 0. The van der Waals surface area contributed by atoms with E-state index in [1.54, 1.807) is 6.07 Å². The minimum atomic E-state index is -4.85. The summed E-state index contributed by atoms with van der Waals surface area (Å²) in [6, 6.07) is 5.88. The smallest absolute Gasteiger partial charge is 0.405 e. The van der Waals surface area contributed by atoms with Crippen LogP contribution in [0.25, 0.3) is 0 Å². The number of carbonyl (C=O) groups is 1. The molecule has 1 rings (SSSR count). The molecule has 0 radical (unpaired) electrons. The second-order valence-corrected chi connectivity index (χ2v) is 3.58. The Morgan fingerprint density at radius 3 is 2.47 bits per heavy atom. The molecular formula is C10H8ClF3O3. The lowest BCUT2D eigenvalue weighted by atomic mass is 10.1. The molecule has 0 aromatic heterocycles. The molecule has 0 saturated carbocycles. The Balaban J connectivity index is 2.72. The molecular weight excluding hydrogens is 261 g/mol. The monoisotopic (exact) mass is 268 g/mol. The Bertz CT molecular complexity index is 406. The summed E-state index contributed by atoms with van der Waals surface area (Å²) >= 11 is 5.65. The van der Waals surface area contributed by atoms with Gasteiger partial charge in [0.1, 0.15) is 12.4 Å². The SMILES string of the molecule is O=C(O)C(COc1ccccc1Cl)C(F)(F)F. The van der Waals surface area contributed by atoms with Gasteiger partial charge < -0.3 is 9.84 Å². The number of alkyl halides is 3. The topological polar surface area (TPSA) is 46.5 Å². The highest BCUT2D eigenvalue weighted by atomic mass is 35.5. The van der Waals surface area contributed by atoms with Crippen LogP contribution in [-0.4, -0.2) is 23.9 Å². The zero-order chi connectivity index (χ0) is 13.1. The van der Waals surface area contributed by atoms with Crippen LogP contribution in [0.4, 0.5) is 13.2 Å². The standard InChI is InChI=1S/C10H8ClF3O3/c11-7-3-1-2-4-8(7)17-5-6(9(15)16)10(12,13)14/h1-4,6H,5H2,(H,15,16). The predicted molar refractivity (Wildman–Crippen MR) is 54.1 cm³/mol. The van der Waals surface area contributed by atoms with E-state index in [1.807, 2.05) is 0 Å². The van der Waals surface area contributed by atoms with Gasteiger partial charge in [0.15, 0.2) is 5.92 Å². The lowest BCUT2D eigenvalue weighted by molar-refractivity contribution is -0.198. The van der Waals surface area contributed by atoms with Gasteiger partial charge in [-0.25, -0.2) is 0 Å². The van der Waals surface area contributed by atoms with Crippen molar-refractivity contribution in [3.8, 4) is 5.75 Å². The summed E-state index contributed by atoms with van der Waals surface area (Å²) in [6.07, 6.45) is -4.85. The lowest BCUT2D eigenvalue weighted by Crippen LogP contribution is -2.35. The third-order valence-corrected chi connectivity index (χ3v) is 2.25. The molecule has 0 heterocycles. The van der Waals surface area contributed by atoms with Crippen molar-refractivity contribution in [2.75, 3.05) is 6.61 Å². The maximum Gasteiger partial charge on any atom is 0.405 e. The molecule has 1 aromatic carbocycles. The van der Waals surface area contributed by atoms with Crippen molar-refractivity contribution in [2.45, 2.75) is 6.18 Å². The second-order valence-electron chi connectivity index (χ2n) is 3.17. The van der Waals surface area contributed by atoms with E-state index in [-0.39, 0.29) is 10.8 Å². The van der Waals surface area contributed by atoms with Gasteiger partial charge in [0.2, 0.25) is 0 Å². The van der Waals surface area contributed by atoms with Crippen LogP contribution in [-0.2, 0) is 4.79 Å². The molecule has 0 amide bonds. The van der Waals surface area contributed by atoms with E-state index in [2.05, 4.69) is 0 Å². The van der Waals surface area contributed by atoms with Crippen LogP contribution >= 0.6 is 11.6 Å². The lowest BCUT2D eigenvalue weighted by Gasteiger charge is -2.17. The Labute approximate surface area is 99.8 Å². The van der Waals surface area contributed by atoms with Crippen LogP contribution in [0.3, 0.4) is 0 Å². The normalized spacial score (nSPS) is 13.2. The molecule has 1 aromatic rings. The Morgan fingerprint density at radius 2 is 2.00 bits per heavy atom. The van der Waals surface area contributed by atoms with E-state index in [4.69, 9.17) is 21.4 Å². The van der Waals surface area contributed by atoms with E-state index in [9.17, 15) is 18.0 Å². The summed E-state index contributed by atoms with van der Waals surface area (Å²) in [5.74, 6) is -4.53. The first-order valence-electron chi connectivity index (χ1n) is 4.49. The van der Waals surface area contributed by atoms with E-state index >= 15 is 0 Å². The third kappa shape index (κ3) is 3.81. The summed E-state index contributed by atoms with van der Waals surface area (Å²) in [6.45, 7) is -1.01. The first kappa shape index (κ1) is 13.6. The molecule has 1 atom stereocenters. The van der Waals surface area contributed by atoms with Crippen molar-refractivity contribution in [2.24, 2.45) is 5.92 Å². The van der Waals surface area contributed by atoms with E-state index in [0.29, 0.717) is 0 Å². The van der Waals surface area contributed by atoms with Gasteiger partial charge in [-0.3, -0.25) is 4.79 Å². The second kappa shape index (κ2) is 5.27. The maximum atomic E-state index is 12.3. The van der Waals surface area contributed by atoms with Crippen molar-refractivity contribution in [3.63, 3.8) is 0 Å². The number of carboxylic acids is 1. The number of rotatable bonds is 4. The number of hydrogen-bond acceptors (Lipinski definition) is 2. The number of halogens is 4. The number of hydrogen-bond donors (Lipinski definition) is 1. The summed E-state index contributed by atoms with van der Waals surface area (Å²) in [4.78, 5) is 10.4. The summed E-state index contributed by atoms with van der Waals surface area (Å²) in [5, 5.41) is 8.55. The molecule has 94 valence electrons. The fraction of sp³-hybridized carbons (Fsp3) is 0.300. The molecule has 0 fully saturated rings. The molecule has 1 unspecified atom stereocenters.